The lowest BCUT2D eigenvalue weighted by Gasteiger charge is -1.93. The SMILES string of the molecule is O=Cc1cc2c(C(=O)O)cccc2o1. The van der Waals surface area contributed by atoms with E-state index in [-0.39, 0.29) is 11.3 Å². The van der Waals surface area contributed by atoms with Crippen LogP contribution in [0.3, 0.4) is 0 Å². The number of carboxylic acids is 1. The fraction of sp³-hybridized carbons (Fsp3) is 0. The summed E-state index contributed by atoms with van der Waals surface area (Å²) in [5.74, 6) is -0.900. The molecule has 0 amide bonds. The number of rotatable bonds is 2. The summed E-state index contributed by atoms with van der Waals surface area (Å²) in [7, 11) is 0. The van der Waals surface area contributed by atoms with Gasteiger partial charge in [-0.25, -0.2) is 4.79 Å². The molecule has 2 aromatic rings. The highest BCUT2D eigenvalue weighted by molar-refractivity contribution is 6.03. The zero-order chi connectivity index (χ0) is 10.1. The summed E-state index contributed by atoms with van der Waals surface area (Å²) in [4.78, 5) is 21.2. The predicted molar refractivity (Wildman–Crippen MR) is 48.6 cm³/mol. The Hall–Kier alpha value is -2.10. The molecule has 4 heteroatoms. The Balaban J connectivity index is 2.79. The van der Waals surface area contributed by atoms with Crippen LogP contribution < -0.4 is 0 Å². The van der Waals surface area contributed by atoms with Crippen LogP contribution in [0.5, 0.6) is 0 Å². The molecule has 0 atom stereocenters. The van der Waals surface area contributed by atoms with E-state index in [0.717, 1.165) is 0 Å². The maximum atomic E-state index is 10.8. The van der Waals surface area contributed by atoms with Crippen LogP contribution in [-0.4, -0.2) is 17.4 Å². The van der Waals surface area contributed by atoms with Gasteiger partial charge in [0.2, 0.25) is 0 Å². The van der Waals surface area contributed by atoms with Crippen LogP contribution in [0.4, 0.5) is 0 Å². The molecule has 0 saturated carbocycles. The number of hydrogen-bond acceptors (Lipinski definition) is 3. The quantitative estimate of drug-likeness (QED) is 0.735. The molecule has 0 fully saturated rings. The lowest BCUT2D eigenvalue weighted by molar-refractivity contribution is 0.0699. The minimum atomic E-state index is -1.03. The lowest BCUT2D eigenvalue weighted by atomic mass is 10.1. The van der Waals surface area contributed by atoms with Crippen LogP contribution in [0.1, 0.15) is 20.9 Å². The number of fused-ring (bicyclic) bond motifs is 1. The van der Waals surface area contributed by atoms with Crippen molar-refractivity contribution in [1.82, 2.24) is 0 Å². The number of benzene rings is 1. The molecule has 0 bridgehead atoms. The average molecular weight is 190 g/mol. The van der Waals surface area contributed by atoms with Crippen molar-refractivity contribution in [1.29, 1.82) is 0 Å². The number of furan rings is 1. The Morgan fingerprint density at radius 2 is 2.21 bits per heavy atom. The van der Waals surface area contributed by atoms with Gasteiger partial charge in [0.05, 0.1) is 5.56 Å². The van der Waals surface area contributed by atoms with Crippen molar-refractivity contribution in [2.24, 2.45) is 0 Å². The Bertz CT molecular complexity index is 510. The van der Waals surface area contributed by atoms with Gasteiger partial charge in [-0.1, -0.05) is 6.07 Å². The molecule has 0 radical (unpaired) electrons. The van der Waals surface area contributed by atoms with Gasteiger partial charge in [-0.3, -0.25) is 4.79 Å². The maximum absolute atomic E-state index is 10.8. The first-order valence-corrected chi connectivity index (χ1v) is 3.93. The van der Waals surface area contributed by atoms with E-state index >= 15 is 0 Å². The fourth-order valence-corrected chi connectivity index (χ4v) is 1.33. The lowest BCUT2D eigenvalue weighted by Crippen LogP contribution is -1.95. The van der Waals surface area contributed by atoms with Gasteiger partial charge in [0, 0.05) is 5.39 Å². The van der Waals surface area contributed by atoms with E-state index in [0.29, 0.717) is 17.3 Å². The van der Waals surface area contributed by atoms with Crippen LogP contribution in [-0.2, 0) is 0 Å². The molecule has 4 nitrogen and oxygen atoms in total. The van der Waals surface area contributed by atoms with Crippen LogP contribution in [0, 0.1) is 0 Å². The van der Waals surface area contributed by atoms with Gasteiger partial charge in [0.1, 0.15) is 5.58 Å². The van der Waals surface area contributed by atoms with Gasteiger partial charge in [-0.15, -0.1) is 0 Å². The molecule has 0 unspecified atom stereocenters. The molecule has 0 aliphatic heterocycles. The van der Waals surface area contributed by atoms with Gasteiger partial charge in [0.25, 0.3) is 0 Å². The number of aromatic carboxylic acids is 1. The number of aldehydes is 1. The summed E-state index contributed by atoms with van der Waals surface area (Å²) in [5.41, 5.74) is 0.548. The first-order chi connectivity index (χ1) is 6.72. The topological polar surface area (TPSA) is 67.5 Å². The van der Waals surface area contributed by atoms with E-state index in [1.54, 1.807) is 12.1 Å². The van der Waals surface area contributed by atoms with Crippen LogP contribution >= 0.6 is 0 Å². The van der Waals surface area contributed by atoms with E-state index in [1.165, 1.54) is 12.1 Å². The molecule has 1 aromatic carbocycles. The maximum Gasteiger partial charge on any atom is 0.336 e. The highest BCUT2D eigenvalue weighted by atomic mass is 16.4. The largest absolute Gasteiger partial charge is 0.478 e. The van der Waals surface area contributed by atoms with Gasteiger partial charge >= 0.3 is 5.97 Å². The fourth-order valence-electron chi connectivity index (χ4n) is 1.33. The van der Waals surface area contributed by atoms with Crippen LogP contribution in [0.2, 0.25) is 0 Å². The highest BCUT2D eigenvalue weighted by Crippen LogP contribution is 2.22. The highest BCUT2D eigenvalue weighted by Gasteiger charge is 2.11. The summed E-state index contributed by atoms with van der Waals surface area (Å²) in [6.07, 6.45) is 0.547. The molecule has 14 heavy (non-hydrogen) atoms. The Labute approximate surface area is 78.8 Å². The second kappa shape index (κ2) is 2.99. The molecule has 0 aliphatic carbocycles. The predicted octanol–water partition coefficient (Wildman–Crippen LogP) is 1.94. The standard InChI is InChI=1S/C10H6O4/c11-5-6-4-8-7(10(12)13)2-1-3-9(8)14-6/h1-5H,(H,12,13). The summed E-state index contributed by atoms with van der Waals surface area (Å²) < 4.78 is 5.08. The van der Waals surface area contributed by atoms with Crippen molar-refractivity contribution in [3.63, 3.8) is 0 Å². The van der Waals surface area contributed by atoms with Gasteiger partial charge in [-0.05, 0) is 18.2 Å². The molecule has 1 heterocycles. The third kappa shape index (κ3) is 1.17. The number of carboxylic acid groups (broad SMARTS) is 1. The Morgan fingerprint density at radius 1 is 1.43 bits per heavy atom. The van der Waals surface area contributed by atoms with Crippen molar-refractivity contribution >= 4 is 23.2 Å². The summed E-state index contributed by atoms with van der Waals surface area (Å²) in [5, 5.41) is 9.28. The van der Waals surface area contributed by atoms with Crippen molar-refractivity contribution in [3.8, 4) is 0 Å². The van der Waals surface area contributed by atoms with E-state index in [2.05, 4.69) is 0 Å². The Kier molecular flexibility index (Phi) is 1.81. The van der Waals surface area contributed by atoms with Crippen LogP contribution in [0.15, 0.2) is 28.7 Å². The Morgan fingerprint density at radius 3 is 2.86 bits per heavy atom. The van der Waals surface area contributed by atoms with E-state index in [4.69, 9.17) is 9.52 Å². The zero-order valence-electron chi connectivity index (χ0n) is 7.06. The third-order valence-corrected chi connectivity index (χ3v) is 1.93. The molecule has 70 valence electrons. The molecule has 0 saturated heterocycles. The second-order valence-electron chi connectivity index (χ2n) is 2.79. The van der Waals surface area contributed by atoms with Gasteiger partial charge in [-0.2, -0.15) is 0 Å². The van der Waals surface area contributed by atoms with Gasteiger partial charge < -0.3 is 9.52 Å². The number of carbonyl (C=O) groups excluding carboxylic acids is 1. The summed E-state index contributed by atoms with van der Waals surface area (Å²) >= 11 is 0. The first-order valence-electron chi connectivity index (χ1n) is 3.93. The molecule has 1 aromatic heterocycles. The van der Waals surface area contributed by atoms with Gasteiger partial charge in [0.15, 0.2) is 12.0 Å². The van der Waals surface area contributed by atoms with E-state index in [1.807, 2.05) is 0 Å². The first kappa shape index (κ1) is 8.50. The monoisotopic (exact) mass is 190 g/mol. The minimum absolute atomic E-state index is 0.133. The molecular formula is C10H6O4. The molecule has 0 spiro atoms. The summed E-state index contributed by atoms with van der Waals surface area (Å²) in [6, 6.07) is 6.08. The summed E-state index contributed by atoms with van der Waals surface area (Å²) in [6.45, 7) is 0. The average Bonchev–Trinajstić information content (AvgIpc) is 2.59. The molecule has 2 rings (SSSR count). The molecular weight excluding hydrogens is 184 g/mol. The van der Waals surface area contributed by atoms with Crippen molar-refractivity contribution < 1.29 is 19.1 Å². The number of carbonyl (C=O) groups is 2. The molecule has 0 aliphatic rings. The van der Waals surface area contributed by atoms with Crippen LogP contribution in [0.25, 0.3) is 11.0 Å². The smallest absolute Gasteiger partial charge is 0.336 e. The van der Waals surface area contributed by atoms with Crippen molar-refractivity contribution in [2.75, 3.05) is 0 Å². The molecule has 1 N–H and O–H groups in total. The van der Waals surface area contributed by atoms with Crippen molar-refractivity contribution in [2.45, 2.75) is 0 Å². The van der Waals surface area contributed by atoms with E-state index < -0.39 is 5.97 Å². The third-order valence-electron chi connectivity index (χ3n) is 1.93. The second-order valence-corrected chi connectivity index (χ2v) is 2.79. The number of hydrogen-bond donors (Lipinski definition) is 1. The normalized spacial score (nSPS) is 10.3. The van der Waals surface area contributed by atoms with E-state index in [9.17, 15) is 9.59 Å². The zero-order valence-corrected chi connectivity index (χ0v) is 7.06. The van der Waals surface area contributed by atoms with Crippen molar-refractivity contribution in [3.05, 3.63) is 35.6 Å². The minimum Gasteiger partial charge on any atom is -0.478 e.